The van der Waals surface area contributed by atoms with Crippen LogP contribution in [0.3, 0.4) is 0 Å². The van der Waals surface area contributed by atoms with E-state index < -0.39 is 0 Å². The van der Waals surface area contributed by atoms with Gasteiger partial charge in [0.1, 0.15) is 0 Å². The minimum absolute atomic E-state index is 0.707. The number of hydrogen-bond donors (Lipinski definition) is 0. The average molecular weight is 375 g/mol. The first-order chi connectivity index (χ1) is 13.8. The molecule has 0 unspecified atom stereocenters. The van der Waals surface area contributed by atoms with E-state index in [9.17, 15) is 0 Å². The van der Waals surface area contributed by atoms with Crippen LogP contribution < -0.4 is 0 Å². The standard InChI is InChI=1S/C27H34O/c1-3-5-6-20-28-21-23-10-14-25(15-11-23)27-18-16-26(17-19-27)24-12-8-22(7-4-2)9-13-24/h3-4,8-15,26-27H,1-2,5-7,16-21H2/t26-,27-. The summed E-state index contributed by atoms with van der Waals surface area (Å²) in [6, 6.07) is 18.3. The molecule has 0 aromatic heterocycles. The van der Waals surface area contributed by atoms with Crippen LogP contribution in [-0.4, -0.2) is 6.61 Å². The Morgan fingerprint density at radius 3 is 1.79 bits per heavy atom. The lowest BCUT2D eigenvalue weighted by molar-refractivity contribution is 0.119. The Morgan fingerprint density at radius 2 is 1.29 bits per heavy atom. The number of benzene rings is 2. The molecule has 2 aromatic carbocycles. The molecule has 0 atom stereocenters. The van der Waals surface area contributed by atoms with Crippen LogP contribution in [0.4, 0.5) is 0 Å². The maximum Gasteiger partial charge on any atom is 0.0716 e. The van der Waals surface area contributed by atoms with E-state index in [0.717, 1.165) is 31.8 Å². The van der Waals surface area contributed by atoms with E-state index in [0.29, 0.717) is 12.5 Å². The van der Waals surface area contributed by atoms with Gasteiger partial charge in [-0.1, -0.05) is 60.7 Å². The number of rotatable bonds is 10. The van der Waals surface area contributed by atoms with Gasteiger partial charge in [-0.25, -0.2) is 0 Å². The zero-order chi connectivity index (χ0) is 19.6. The fourth-order valence-electron chi connectivity index (χ4n) is 4.26. The Kier molecular flexibility index (Phi) is 8.11. The van der Waals surface area contributed by atoms with Crippen LogP contribution in [0.1, 0.15) is 72.6 Å². The fraction of sp³-hybridized carbons (Fsp3) is 0.407. The van der Waals surface area contributed by atoms with Crippen molar-refractivity contribution in [3.05, 3.63) is 96.1 Å². The van der Waals surface area contributed by atoms with Gasteiger partial charge in [0.25, 0.3) is 0 Å². The lowest BCUT2D eigenvalue weighted by Crippen LogP contribution is -2.12. The predicted molar refractivity (Wildman–Crippen MR) is 120 cm³/mol. The van der Waals surface area contributed by atoms with E-state index in [-0.39, 0.29) is 0 Å². The Balaban J connectivity index is 1.46. The molecule has 0 spiro atoms. The van der Waals surface area contributed by atoms with Crippen molar-refractivity contribution in [2.45, 2.75) is 63.4 Å². The SMILES string of the molecule is C=CCCCOCc1ccc([C@H]2CC[C@H](c3ccc(CC=C)cc3)CC2)cc1. The van der Waals surface area contributed by atoms with Crippen molar-refractivity contribution in [3.63, 3.8) is 0 Å². The van der Waals surface area contributed by atoms with E-state index in [4.69, 9.17) is 4.74 Å². The van der Waals surface area contributed by atoms with Gasteiger partial charge in [-0.3, -0.25) is 0 Å². The Morgan fingerprint density at radius 1 is 0.750 bits per heavy atom. The summed E-state index contributed by atoms with van der Waals surface area (Å²) >= 11 is 0. The zero-order valence-corrected chi connectivity index (χ0v) is 17.1. The first kappa shape index (κ1) is 20.6. The highest BCUT2D eigenvalue weighted by molar-refractivity contribution is 5.29. The van der Waals surface area contributed by atoms with Crippen LogP contribution in [0.25, 0.3) is 0 Å². The third kappa shape index (κ3) is 5.94. The highest BCUT2D eigenvalue weighted by atomic mass is 16.5. The highest BCUT2D eigenvalue weighted by Crippen LogP contribution is 2.40. The molecule has 0 bridgehead atoms. The normalized spacial score (nSPS) is 19.3. The molecule has 0 heterocycles. The van der Waals surface area contributed by atoms with Crippen molar-refractivity contribution in [2.24, 2.45) is 0 Å². The molecular formula is C27H34O. The lowest BCUT2D eigenvalue weighted by atomic mass is 9.76. The van der Waals surface area contributed by atoms with Crippen LogP contribution in [-0.2, 0) is 17.8 Å². The van der Waals surface area contributed by atoms with Crippen LogP contribution in [0.15, 0.2) is 73.8 Å². The molecule has 28 heavy (non-hydrogen) atoms. The molecular weight excluding hydrogens is 340 g/mol. The monoisotopic (exact) mass is 374 g/mol. The largest absolute Gasteiger partial charge is 0.377 e. The second kappa shape index (κ2) is 11.0. The van der Waals surface area contributed by atoms with Gasteiger partial charge in [-0.15, -0.1) is 13.2 Å². The lowest BCUT2D eigenvalue weighted by Gasteiger charge is -2.29. The quantitative estimate of drug-likeness (QED) is 0.312. The van der Waals surface area contributed by atoms with Crippen molar-refractivity contribution in [1.82, 2.24) is 0 Å². The Bertz CT molecular complexity index is 718. The van der Waals surface area contributed by atoms with Crippen molar-refractivity contribution in [2.75, 3.05) is 6.61 Å². The van der Waals surface area contributed by atoms with E-state index in [1.807, 2.05) is 12.2 Å². The molecule has 1 saturated carbocycles. The van der Waals surface area contributed by atoms with Crippen LogP contribution in [0.5, 0.6) is 0 Å². The van der Waals surface area contributed by atoms with Gasteiger partial charge < -0.3 is 4.74 Å². The predicted octanol–water partition coefficient (Wildman–Crippen LogP) is 7.34. The van der Waals surface area contributed by atoms with Crippen molar-refractivity contribution >= 4 is 0 Å². The summed E-state index contributed by atoms with van der Waals surface area (Å²) < 4.78 is 5.74. The maximum absolute atomic E-state index is 5.74. The smallest absolute Gasteiger partial charge is 0.0716 e. The van der Waals surface area contributed by atoms with E-state index in [2.05, 4.69) is 61.7 Å². The minimum Gasteiger partial charge on any atom is -0.377 e. The molecule has 0 saturated heterocycles. The van der Waals surface area contributed by atoms with E-state index >= 15 is 0 Å². The number of unbranched alkanes of at least 4 members (excludes halogenated alkanes) is 1. The summed E-state index contributed by atoms with van der Waals surface area (Å²) in [5.74, 6) is 1.43. The highest BCUT2D eigenvalue weighted by Gasteiger charge is 2.23. The topological polar surface area (TPSA) is 9.23 Å². The second-order valence-corrected chi connectivity index (χ2v) is 8.01. The van der Waals surface area contributed by atoms with E-state index in [1.54, 1.807) is 0 Å². The van der Waals surface area contributed by atoms with Gasteiger partial charge in [0.15, 0.2) is 0 Å². The summed E-state index contributed by atoms with van der Waals surface area (Å²) in [4.78, 5) is 0. The van der Waals surface area contributed by atoms with Crippen molar-refractivity contribution < 1.29 is 4.74 Å². The number of ether oxygens (including phenoxy) is 1. The fourth-order valence-corrected chi connectivity index (χ4v) is 4.26. The third-order valence-electron chi connectivity index (χ3n) is 5.98. The molecule has 0 amide bonds. The number of hydrogen-bond acceptors (Lipinski definition) is 1. The molecule has 0 radical (unpaired) electrons. The van der Waals surface area contributed by atoms with Crippen molar-refractivity contribution in [3.8, 4) is 0 Å². The summed E-state index contributed by atoms with van der Waals surface area (Å²) in [6.07, 6.45) is 12.1. The van der Waals surface area contributed by atoms with Gasteiger partial charge >= 0.3 is 0 Å². The molecule has 2 aromatic rings. The maximum atomic E-state index is 5.74. The molecule has 1 heteroatoms. The molecule has 1 nitrogen and oxygen atoms in total. The first-order valence-electron chi connectivity index (χ1n) is 10.8. The Hall–Kier alpha value is -2.12. The molecule has 1 aliphatic carbocycles. The first-order valence-corrected chi connectivity index (χ1v) is 10.8. The second-order valence-electron chi connectivity index (χ2n) is 8.01. The molecule has 0 N–H and O–H groups in total. The van der Waals surface area contributed by atoms with Gasteiger partial charge in [0.05, 0.1) is 6.61 Å². The minimum atomic E-state index is 0.707. The average Bonchev–Trinajstić information content (AvgIpc) is 2.75. The van der Waals surface area contributed by atoms with Crippen LogP contribution in [0, 0.1) is 0 Å². The molecule has 3 rings (SSSR count). The molecule has 1 aliphatic rings. The Labute approximate surface area is 171 Å². The van der Waals surface area contributed by atoms with E-state index in [1.165, 1.54) is 47.9 Å². The summed E-state index contributed by atoms with van der Waals surface area (Å²) in [6.45, 7) is 9.10. The summed E-state index contributed by atoms with van der Waals surface area (Å²) in [5, 5.41) is 0. The molecule has 148 valence electrons. The third-order valence-corrected chi connectivity index (χ3v) is 5.98. The molecule has 1 fully saturated rings. The van der Waals surface area contributed by atoms with Crippen molar-refractivity contribution in [1.29, 1.82) is 0 Å². The van der Waals surface area contributed by atoms with Crippen LogP contribution in [0.2, 0.25) is 0 Å². The number of allylic oxidation sites excluding steroid dienone is 2. The van der Waals surface area contributed by atoms with Gasteiger partial charge in [0.2, 0.25) is 0 Å². The zero-order valence-electron chi connectivity index (χ0n) is 17.1. The summed E-state index contributed by atoms with van der Waals surface area (Å²) in [5.41, 5.74) is 5.64. The van der Waals surface area contributed by atoms with Crippen LogP contribution >= 0.6 is 0 Å². The van der Waals surface area contributed by atoms with Gasteiger partial charge in [0, 0.05) is 6.61 Å². The van der Waals surface area contributed by atoms with Gasteiger partial charge in [-0.2, -0.15) is 0 Å². The molecule has 0 aliphatic heterocycles. The van der Waals surface area contributed by atoms with Gasteiger partial charge in [-0.05, 0) is 79.0 Å². The summed E-state index contributed by atoms with van der Waals surface area (Å²) in [7, 11) is 0.